The number of ether oxygens (including phenoxy) is 1. The van der Waals surface area contributed by atoms with Crippen LogP contribution in [0.3, 0.4) is 0 Å². The molecule has 0 radical (unpaired) electrons. The number of nitrogens with zero attached hydrogens (tertiary/aromatic N) is 5. The Bertz CT molecular complexity index is 1340. The largest absolute Gasteiger partial charge is 0.449 e. The minimum atomic E-state index is -0.654. The fourth-order valence-electron chi connectivity index (χ4n) is 3.62. The second-order valence-corrected chi connectivity index (χ2v) is 8.89. The summed E-state index contributed by atoms with van der Waals surface area (Å²) in [7, 11) is 0. The first-order valence-electron chi connectivity index (χ1n) is 10.6. The summed E-state index contributed by atoms with van der Waals surface area (Å²) >= 11 is 7.58. The van der Waals surface area contributed by atoms with E-state index >= 15 is 0 Å². The molecule has 9 heteroatoms. The zero-order valence-electron chi connectivity index (χ0n) is 18.2. The predicted octanol–water partition coefficient (Wildman–Crippen LogP) is 5.57. The van der Waals surface area contributed by atoms with E-state index in [1.165, 1.54) is 23.7 Å². The van der Waals surface area contributed by atoms with Crippen LogP contribution in [0.15, 0.2) is 95.2 Å². The summed E-state index contributed by atoms with van der Waals surface area (Å²) in [5, 5.41) is 15.9. The molecule has 5 rings (SSSR count). The van der Waals surface area contributed by atoms with Gasteiger partial charge in [0.25, 0.3) is 0 Å². The first-order valence-corrected chi connectivity index (χ1v) is 11.9. The molecule has 0 aliphatic carbocycles. The molecule has 0 fully saturated rings. The average Bonchev–Trinajstić information content (AvgIpc) is 3.49. The number of rotatable bonds is 6. The Balaban J connectivity index is 1.42. The number of para-hydroxylation sites is 1. The highest BCUT2D eigenvalue weighted by molar-refractivity contribution is 7.99. The maximum atomic E-state index is 12.2. The number of carbonyl (C=O) groups is 1. The summed E-state index contributed by atoms with van der Waals surface area (Å²) in [6.07, 6.45) is -0.654. The molecule has 0 saturated carbocycles. The molecule has 1 amide bonds. The van der Waals surface area contributed by atoms with Crippen LogP contribution in [-0.2, 0) is 9.53 Å². The zero-order chi connectivity index (χ0) is 23.5. The normalized spacial score (nSPS) is 15.2. The third-order valence-electron chi connectivity index (χ3n) is 5.15. The Morgan fingerprint density at radius 1 is 1.00 bits per heavy atom. The number of amides is 1. The van der Waals surface area contributed by atoms with Crippen LogP contribution in [0.2, 0.25) is 5.02 Å². The number of benzene rings is 3. The molecule has 2 heterocycles. The second kappa shape index (κ2) is 9.70. The van der Waals surface area contributed by atoms with Crippen molar-refractivity contribution in [1.82, 2.24) is 19.8 Å². The molecule has 170 valence electrons. The Hall–Kier alpha value is -3.62. The van der Waals surface area contributed by atoms with Crippen LogP contribution in [0.4, 0.5) is 0 Å². The van der Waals surface area contributed by atoms with Gasteiger partial charge >= 0.3 is 0 Å². The number of carbonyl (C=O) groups excluding carboxylic acids is 1. The fraction of sp³-hybridized carbons (Fsp3) is 0.120. The van der Waals surface area contributed by atoms with Gasteiger partial charge in [-0.25, -0.2) is 0 Å². The van der Waals surface area contributed by atoms with Crippen molar-refractivity contribution in [2.45, 2.75) is 18.3 Å². The SMILES string of the molecule is CC(=O)N1N=C(CSc2nnc(-c3ccccc3)n2-c2ccccc2)O[C@H]1c1cccc(Cl)c1. The Kier molecular flexibility index (Phi) is 6.33. The second-order valence-electron chi connectivity index (χ2n) is 7.51. The van der Waals surface area contributed by atoms with Crippen LogP contribution in [0.25, 0.3) is 17.1 Å². The zero-order valence-corrected chi connectivity index (χ0v) is 19.8. The highest BCUT2D eigenvalue weighted by Gasteiger charge is 2.32. The molecular formula is C25H20ClN5O2S. The van der Waals surface area contributed by atoms with E-state index in [0.29, 0.717) is 21.8 Å². The molecule has 1 aliphatic heterocycles. The lowest BCUT2D eigenvalue weighted by Gasteiger charge is -2.19. The summed E-state index contributed by atoms with van der Waals surface area (Å²) in [6.45, 7) is 1.46. The fourth-order valence-corrected chi connectivity index (χ4v) is 4.61. The topological polar surface area (TPSA) is 72.6 Å². The maximum absolute atomic E-state index is 12.2. The van der Waals surface area contributed by atoms with Crippen LogP contribution in [0, 0.1) is 0 Å². The lowest BCUT2D eigenvalue weighted by Crippen LogP contribution is -2.25. The van der Waals surface area contributed by atoms with E-state index in [0.717, 1.165) is 22.6 Å². The predicted molar refractivity (Wildman–Crippen MR) is 133 cm³/mol. The van der Waals surface area contributed by atoms with Gasteiger partial charge in [-0.1, -0.05) is 84.0 Å². The van der Waals surface area contributed by atoms with Crippen LogP contribution in [-0.4, -0.2) is 37.3 Å². The van der Waals surface area contributed by atoms with Gasteiger partial charge in [-0.2, -0.15) is 5.01 Å². The van der Waals surface area contributed by atoms with E-state index in [9.17, 15) is 4.79 Å². The van der Waals surface area contributed by atoms with Gasteiger partial charge in [0.05, 0.1) is 5.75 Å². The van der Waals surface area contributed by atoms with Gasteiger partial charge in [0.2, 0.25) is 18.0 Å². The summed E-state index contributed by atoms with van der Waals surface area (Å²) in [6, 6.07) is 27.1. The van der Waals surface area contributed by atoms with Crippen molar-refractivity contribution >= 4 is 35.2 Å². The van der Waals surface area contributed by atoms with Gasteiger partial charge in [-0.3, -0.25) is 9.36 Å². The standard InChI is InChI=1S/C25H20ClN5O2S/c1-17(32)31-24(19-11-8-12-20(26)15-19)33-22(29-31)16-34-25-28-27-23(18-9-4-2-5-10-18)30(25)21-13-6-3-7-14-21/h2-15,24H,16H2,1H3/t24-/m0/s1. The van der Waals surface area contributed by atoms with Gasteiger partial charge in [0.15, 0.2) is 11.0 Å². The minimum Gasteiger partial charge on any atom is -0.449 e. The third kappa shape index (κ3) is 4.55. The number of hydrogen-bond acceptors (Lipinski definition) is 6. The molecule has 0 unspecified atom stereocenters. The lowest BCUT2D eigenvalue weighted by atomic mass is 10.2. The monoisotopic (exact) mass is 489 g/mol. The van der Waals surface area contributed by atoms with Crippen LogP contribution in [0.5, 0.6) is 0 Å². The van der Waals surface area contributed by atoms with E-state index in [-0.39, 0.29) is 5.91 Å². The number of hydrazone groups is 1. The summed E-state index contributed by atoms with van der Waals surface area (Å²) in [5.74, 6) is 1.32. The van der Waals surface area contributed by atoms with E-state index in [1.54, 1.807) is 12.1 Å². The number of hydrogen-bond donors (Lipinski definition) is 0. The summed E-state index contributed by atoms with van der Waals surface area (Å²) in [5.41, 5.74) is 2.67. The smallest absolute Gasteiger partial charge is 0.243 e. The summed E-state index contributed by atoms with van der Waals surface area (Å²) < 4.78 is 8.06. The van der Waals surface area contributed by atoms with E-state index in [2.05, 4.69) is 15.3 Å². The van der Waals surface area contributed by atoms with Crippen LogP contribution >= 0.6 is 23.4 Å². The van der Waals surface area contributed by atoms with Crippen molar-refractivity contribution in [3.05, 3.63) is 95.5 Å². The Labute approximate surface area is 206 Å². The van der Waals surface area contributed by atoms with Crippen LogP contribution < -0.4 is 0 Å². The van der Waals surface area contributed by atoms with Gasteiger partial charge in [0, 0.05) is 28.8 Å². The van der Waals surface area contributed by atoms with Crippen molar-refractivity contribution in [2.24, 2.45) is 5.10 Å². The molecule has 34 heavy (non-hydrogen) atoms. The molecule has 7 nitrogen and oxygen atoms in total. The molecule has 3 aromatic carbocycles. The summed E-state index contributed by atoms with van der Waals surface area (Å²) in [4.78, 5) is 12.2. The Morgan fingerprint density at radius 3 is 2.44 bits per heavy atom. The highest BCUT2D eigenvalue weighted by atomic mass is 35.5. The molecule has 1 atom stereocenters. The number of aromatic nitrogens is 3. The van der Waals surface area contributed by atoms with Gasteiger partial charge in [-0.05, 0) is 24.3 Å². The molecule has 0 saturated heterocycles. The van der Waals surface area contributed by atoms with E-state index in [1.807, 2.05) is 77.4 Å². The highest BCUT2D eigenvalue weighted by Crippen LogP contribution is 2.33. The van der Waals surface area contributed by atoms with Gasteiger partial charge in [-0.15, -0.1) is 15.3 Å². The van der Waals surface area contributed by atoms with Gasteiger partial charge in [0.1, 0.15) is 0 Å². The first-order chi connectivity index (χ1) is 16.6. The Morgan fingerprint density at radius 2 is 1.74 bits per heavy atom. The molecular weight excluding hydrogens is 470 g/mol. The molecule has 0 N–H and O–H groups in total. The lowest BCUT2D eigenvalue weighted by molar-refractivity contribution is -0.135. The molecule has 4 aromatic rings. The van der Waals surface area contributed by atoms with E-state index < -0.39 is 6.23 Å². The number of halogens is 1. The quantitative estimate of drug-likeness (QED) is 0.331. The minimum absolute atomic E-state index is 0.219. The van der Waals surface area contributed by atoms with Crippen molar-refractivity contribution in [3.8, 4) is 17.1 Å². The van der Waals surface area contributed by atoms with Crippen molar-refractivity contribution in [1.29, 1.82) is 0 Å². The van der Waals surface area contributed by atoms with Crippen molar-refractivity contribution < 1.29 is 9.53 Å². The molecule has 0 bridgehead atoms. The first kappa shape index (κ1) is 22.2. The van der Waals surface area contributed by atoms with Crippen molar-refractivity contribution in [3.63, 3.8) is 0 Å². The number of thioether (sulfide) groups is 1. The molecule has 1 aromatic heterocycles. The van der Waals surface area contributed by atoms with Gasteiger partial charge < -0.3 is 4.74 Å². The average molecular weight is 490 g/mol. The maximum Gasteiger partial charge on any atom is 0.243 e. The molecule has 0 spiro atoms. The van der Waals surface area contributed by atoms with E-state index in [4.69, 9.17) is 16.3 Å². The van der Waals surface area contributed by atoms with Crippen molar-refractivity contribution in [2.75, 3.05) is 5.75 Å². The molecule has 1 aliphatic rings. The van der Waals surface area contributed by atoms with Crippen LogP contribution in [0.1, 0.15) is 18.7 Å². The third-order valence-corrected chi connectivity index (χ3v) is 6.30.